The number of rotatable bonds is 13. The Balaban J connectivity index is 1.30. The van der Waals surface area contributed by atoms with Gasteiger partial charge in [0.25, 0.3) is 5.69 Å². The average Bonchev–Trinajstić information content (AvgIpc) is 3.25. The minimum absolute atomic E-state index is 0.00668. The number of nitro benzene ring substituents is 1. The molecule has 8 heteroatoms. The fourth-order valence-electron chi connectivity index (χ4n) is 3.75. The lowest BCUT2D eigenvalue weighted by atomic mass is 10.2. The third kappa shape index (κ3) is 7.00. The molecule has 0 amide bonds. The molecule has 1 heterocycles. The van der Waals surface area contributed by atoms with Crippen LogP contribution in [0.4, 0.5) is 5.69 Å². The van der Waals surface area contributed by atoms with E-state index in [4.69, 9.17) is 9.47 Å². The summed E-state index contributed by atoms with van der Waals surface area (Å²) in [5.74, 6) is 0.377. The minimum atomic E-state index is -0.410. The summed E-state index contributed by atoms with van der Waals surface area (Å²) in [5, 5.41) is 16.5. The Kier molecular flexibility index (Phi) is 8.80. The van der Waals surface area contributed by atoms with Gasteiger partial charge in [-0.25, -0.2) is 0 Å². The van der Waals surface area contributed by atoms with Crippen LogP contribution in [0, 0.1) is 10.1 Å². The van der Waals surface area contributed by atoms with Gasteiger partial charge in [-0.1, -0.05) is 72.8 Å². The van der Waals surface area contributed by atoms with Gasteiger partial charge in [0.1, 0.15) is 6.61 Å². The second kappa shape index (κ2) is 12.6. The molecule has 0 aliphatic rings. The normalized spacial score (nSPS) is 11.5. The summed E-state index contributed by atoms with van der Waals surface area (Å²) in [6.45, 7) is 3.55. The molecular formula is C28H30N4O4. The molecule has 0 saturated heterocycles. The predicted molar refractivity (Wildman–Crippen MR) is 141 cm³/mol. The molecule has 0 spiro atoms. The van der Waals surface area contributed by atoms with E-state index < -0.39 is 4.92 Å². The van der Waals surface area contributed by atoms with Crippen molar-refractivity contribution in [1.82, 2.24) is 14.7 Å². The van der Waals surface area contributed by atoms with Crippen molar-refractivity contribution >= 4 is 22.7 Å². The Morgan fingerprint density at radius 2 is 1.78 bits per heavy atom. The average molecular weight is 487 g/mol. The zero-order chi connectivity index (χ0) is 25.2. The summed E-state index contributed by atoms with van der Waals surface area (Å²) in [5.41, 5.74) is 2.96. The lowest BCUT2D eigenvalue weighted by molar-refractivity contribution is -0.384. The highest BCUT2D eigenvalue weighted by molar-refractivity contribution is 5.86. The van der Waals surface area contributed by atoms with Crippen molar-refractivity contribution in [2.75, 3.05) is 33.4 Å². The van der Waals surface area contributed by atoms with Crippen molar-refractivity contribution in [3.8, 4) is 5.88 Å². The fourth-order valence-corrected chi connectivity index (χ4v) is 3.75. The van der Waals surface area contributed by atoms with E-state index in [2.05, 4.69) is 41.3 Å². The maximum atomic E-state index is 11.3. The van der Waals surface area contributed by atoms with Crippen molar-refractivity contribution < 1.29 is 14.4 Å². The predicted octanol–water partition coefficient (Wildman–Crippen LogP) is 5.19. The first kappa shape index (κ1) is 25.1. The van der Waals surface area contributed by atoms with Crippen LogP contribution in [0.15, 0.2) is 84.9 Å². The van der Waals surface area contributed by atoms with Gasteiger partial charge in [-0.2, -0.15) is 0 Å². The van der Waals surface area contributed by atoms with Crippen LogP contribution >= 0.6 is 0 Å². The van der Waals surface area contributed by atoms with Crippen molar-refractivity contribution in [2.45, 2.75) is 13.2 Å². The standard InChI is InChI=1S/C28H30N4O4/c1-30(16-8-13-23-9-4-2-5-10-23)17-19-35-20-18-31-27-15-14-25(32(33)34)21-26(27)28(29-31)36-22-24-11-6-3-7-12-24/h2-15,21H,16-20,22H2,1H3/b13-8+. The second-order valence-electron chi connectivity index (χ2n) is 8.45. The monoisotopic (exact) mass is 486 g/mol. The molecule has 0 aliphatic carbocycles. The Labute approximate surface area is 210 Å². The third-order valence-electron chi connectivity index (χ3n) is 5.72. The van der Waals surface area contributed by atoms with Crippen LogP contribution < -0.4 is 4.74 Å². The number of non-ortho nitro benzene ring substituents is 1. The van der Waals surface area contributed by atoms with Crippen molar-refractivity contribution in [1.29, 1.82) is 0 Å². The smallest absolute Gasteiger partial charge is 0.270 e. The number of fused-ring (bicyclic) bond motifs is 1. The zero-order valence-corrected chi connectivity index (χ0v) is 20.3. The van der Waals surface area contributed by atoms with Crippen LogP contribution in [0.25, 0.3) is 17.0 Å². The van der Waals surface area contributed by atoms with Gasteiger partial charge < -0.3 is 14.4 Å². The highest BCUT2D eigenvalue weighted by atomic mass is 16.6. The molecule has 0 saturated carbocycles. The number of nitro groups is 1. The maximum Gasteiger partial charge on any atom is 0.270 e. The molecule has 0 aliphatic heterocycles. The molecular weight excluding hydrogens is 456 g/mol. The molecule has 3 aromatic carbocycles. The Hall–Kier alpha value is -4.01. The zero-order valence-electron chi connectivity index (χ0n) is 20.3. The van der Waals surface area contributed by atoms with E-state index in [1.54, 1.807) is 10.7 Å². The molecule has 186 valence electrons. The highest BCUT2D eigenvalue weighted by Gasteiger charge is 2.16. The molecule has 0 N–H and O–H groups in total. The third-order valence-corrected chi connectivity index (χ3v) is 5.72. The van der Waals surface area contributed by atoms with Crippen LogP contribution in [0.1, 0.15) is 11.1 Å². The van der Waals surface area contributed by atoms with Gasteiger partial charge in [-0.05, 0) is 24.2 Å². The fraction of sp³-hybridized carbons (Fsp3) is 0.250. The van der Waals surface area contributed by atoms with Crippen molar-refractivity contribution in [3.63, 3.8) is 0 Å². The molecule has 0 bridgehead atoms. The first-order valence-corrected chi connectivity index (χ1v) is 11.9. The number of nitrogens with zero attached hydrogens (tertiary/aromatic N) is 4. The summed E-state index contributed by atoms with van der Waals surface area (Å²) >= 11 is 0. The van der Waals surface area contributed by atoms with E-state index in [1.165, 1.54) is 17.7 Å². The molecule has 4 aromatic rings. The van der Waals surface area contributed by atoms with E-state index in [-0.39, 0.29) is 5.69 Å². The van der Waals surface area contributed by atoms with Crippen LogP contribution in [-0.4, -0.2) is 53.0 Å². The lowest BCUT2D eigenvalue weighted by Crippen LogP contribution is -2.24. The largest absolute Gasteiger partial charge is 0.471 e. The van der Waals surface area contributed by atoms with E-state index in [0.717, 1.165) is 24.2 Å². The number of benzene rings is 3. The van der Waals surface area contributed by atoms with Crippen LogP contribution in [0.2, 0.25) is 0 Å². The SMILES string of the molecule is CN(C/C=C/c1ccccc1)CCOCCn1nc(OCc2ccccc2)c2cc([N+](=O)[O-])ccc21. The summed E-state index contributed by atoms with van der Waals surface area (Å²) < 4.78 is 13.6. The molecule has 0 atom stereocenters. The Morgan fingerprint density at radius 1 is 1.03 bits per heavy atom. The Morgan fingerprint density at radius 3 is 2.53 bits per heavy atom. The van der Waals surface area contributed by atoms with Gasteiger partial charge >= 0.3 is 0 Å². The van der Waals surface area contributed by atoms with E-state index in [1.807, 2.05) is 48.5 Å². The van der Waals surface area contributed by atoms with Gasteiger partial charge in [0.2, 0.25) is 5.88 Å². The topological polar surface area (TPSA) is 82.7 Å². The summed E-state index contributed by atoms with van der Waals surface area (Å²) in [4.78, 5) is 13.1. The van der Waals surface area contributed by atoms with Gasteiger partial charge in [0.15, 0.2) is 0 Å². The summed E-state index contributed by atoms with van der Waals surface area (Å²) in [7, 11) is 2.06. The summed E-state index contributed by atoms with van der Waals surface area (Å²) in [6, 6.07) is 24.7. The molecule has 0 fully saturated rings. The molecule has 8 nitrogen and oxygen atoms in total. The van der Waals surface area contributed by atoms with Crippen LogP contribution in [0.5, 0.6) is 5.88 Å². The van der Waals surface area contributed by atoms with Gasteiger partial charge in [-0.15, -0.1) is 5.10 Å². The molecule has 1 aromatic heterocycles. The number of hydrogen-bond acceptors (Lipinski definition) is 6. The molecule has 4 rings (SSSR count). The van der Waals surface area contributed by atoms with E-state index in [9.17, 15) is 10.1 Å². The van der Waals surface area contributed by atoms with Gasteiger partial charge in [-0.3, -0.25) is 14.8 Å². The van der Waals surface area contributed by atoms with Crippen LogP contribution in [0.3, 0.4) is 0 Å². The van der Waals surface area contributed by atoms with E-state index >= 15 is 0 Å². The maximum absolute atomic E-state index is 11.3. The molecule has 0 unspecified atom stereocenters. The first-order valence-electron chi connectivity index (χ1n) is 11.9. The van der Waals surface area contributed by atoms with Crippen molar-refractivity contribution in [2.24, 2.45) is 0 Å². The second-order valence-corrected chi connectivity index (χ2v) is 8.45. The number of likely N-dealkylation sites (N-methyl/N-ethyl adjacent to an activating group) is 1. The van der Waals surface area contributed by atoms with Gasteiger partial charge in [0.05, 0.1) is 35.6 Å². The molecule has 0 radical (unpaired) electrons. The first-order chi connectivity index (χ1) is 17.6. The van der Waals surface area contributed by atoms with Gasteiger partial charge in [0, 0.05) is 25.2 Å². The Bertz CT molecular complexity index is 1290. The lowest BCUT2D eigenvalue weighted by Gasteiger charge is -2.14. The number of ether oxygens (including phenoxy) is 2. The highest BCUT2D eigenvalue weighted by Crippen LogP contribution is 2.29. The quantitative estimate of drug-likeness (QED) is 0.147. The minimum Gasteiger partial charge on any atom is -0.471 e. The van der Waals surface area contributed by atoms with E-state index in [0.29, 0.717) is 37.6 Å². The summed E-state index contributed by atoms with van der Waals surface area (Å²) in [6.07, 6.45) is 4.25. The van der Waals surface area contributed by atoms with Crippen LogP contribution in [-0.2, 0) is 17.9 Å². The number of hydrogen-bond donors (Lipinski definition) is 0. The van der Waals surface area contributed by atoms with Crippen molar-refractivity contribution in [3.05, 3.63) is 106 Å². The number of aromatic nitrogens is 2. The molecule has 36 heavy (non-hydrogen) atoms.